The first-order chi connectivity index (χ1) is 8.56. The predicted octanol–water partition coefficient (Wildman–Crippen LogP) is 4.15. The molecule has 0 unspecified atom stereocenters. The van der Waals surface area contributed by atoms with E-state index in [1.807, 2.05) is 0 Å². The van der Waals surface area contributed by atoms with Crippen molar-refractivity contribution < 1.29 is 17.6 Å². The highest BCUT2D eigenvalue weighted by Gasteiger charge is 2.10. The minimum atomic E-state index is -1.10. The van der Waals surface area contributed by atoms with Gasteiger partial charge < -0.3 is 0 Å². The maximum atomic E-state index is 13.2. The molecule has 4 heteroatoms. The molecule has 0 nitrogen and oxygen atoms in total. The standard InChI is InChI=1S/C14H4F4/c15-11-3-7-1-2-8-4-12(16)14(18)6-10(8)9(7)5-13(11)17/h1-2,5-6H. The lowest BCUT2D eigenvalue weighted by molar-refractivity contribution is 0.508. The van der Waals surface area contributed by atoms with E-state index < -0.39 is 23.3 Å². The van der Waals surface area contributed by atoms with Crippen molar-refractivity contribution >= 4 is 21.5 Å². The Morgan fingerprint density at radius 3 is 1.44 bits per heavy atom. The summed E-state index contributed by atoms with van der Waals surface area (Å²) in [6, 6.07) is 9.21. The maximum absolute atomic E-state index is 13.2. The van der Waals surface area contributed by atoms with Crippen LogP contribution in [0, 0.1) is 35.4 Å². The van der Waals surface area contributed by atoms with Crippen molar-refractivity contribution in [1.82, 2.24) is 0 Å². The number of hydrogen-bond donors (Lipinski definition) is 0. The smallest absolute Gasteiger partial charge is 0.167 e. The third-order valence-corrected chi connectivity index (χ3v) is 2.74. The van der Waals surface area contributed by atoms with Crippen LogP contribution in [0.5, 0.6) is 0 Å². The molecular formula is C14H4F4. The SMILES string of the molecule is Fc1[c]c2ccc3[c]c(F)c(F)cc3c2cc1F. The summed E-state index contributed by atoms with van der Waals surface area (Å²) in [5.41, 5.74) is 0. The first-order valence-electron chi connectivity index (χ1n) is 5.07. The highest BCUT2D eigenvalue weighted by Crippen LogP contribution is 2.28. The van der Waals surface area contributed by atoms with Gasteiger partial charge >= 0.3 is 0 Å². The Morgan fingerprint density at radius 2 is 1.06 bits per heavy atom. The second-order valence-corrected chi connectivity index (χ2v) is 3.85. The van der Waals surface area contributed by atoms with E-state index >= 15 is 0 Å². The van der Waals surface area contributed by atoms with E-state index in [9.17, 15) is 17.6 Å². The van der Waals surface area contributed by atoms with E-state index in [4.69, 9.17) is 0 Å². The summed E-state index contributed by atoms with van der Waals surface area (Å²) in [6.45, 7) is 0. The van der Waals surface area contributed by atoms with Crippen molar-refractivity contribution in [3.8, 4) is 0 Å². The molecule has 18 heavy (non-hydrogen) atoms. The van der Waals surface area contributed by atoms with Crippen molar-refractivity contribution in [2.45, 2.75) is 0 Å². The number of benzene rings is 3. The van der Waals surface area contributed by atoms with Gasteiger partial charge in [0.1, 0.15) is 0 Å². The lowest BCUT2D eigenvalue weighted by atomic mass is 10.0. The number of hydrogen-bond acceptors (Lipinski definition) is 0. The zero-order valence-corrected chi connectivity index (χ0v) is 8.82. The van der Waals surface area contributed by atoms with Crippen LogP contribution in [0.2, 0.25) is 0 Å². The Balaban J connectivity index is 2.52. The molecule has 0 atom stereocenters. The van der Waals surface area contributed by atoms with Crippen LogP contribution in [-0.2, 0) is 0 Å². The molecule has 0 aliphatic heterocycles. The van der Waals surface area contributed by atoms with Crippen LogP contribution in [-0.4, -0.2) is 0 Å². The van der Waals surface area contributed by atoms with Crippen LogP contribution in [0.3, 0.4) is 0 Å². The minimum absolute atomic E-state index is 0.265. The summed E-state index contributed by atoms with van der Waals surface area (Å²) in [5.74, 6) is -4.37. The Hall–Kier alpha value is -2.10. The van der Waals surface area contributed by atoms with Crippen molar-refractivity contribution in [1.29, 1.82) is 0 Å². The van der Waals surface area contributed by atoms with Crippen molar-refractivity contribution in [2.24, 2.45) is 0 Å². The van der Waals surface area contributed by atoms with Crippen LogP contribution in [0.4, 0.5) is 17.6 Å². The van der Waals surface area contributed by atoms with Crippen LogP contribution in [0.15, 0.2) is 24.3 Å². The number of rotatable bonds is 0. The molecule has 0 heterocycles. The van der Waals surface area contributed by atoms with Crippen LogP contribution >= 0.6 is 0 Å². The molecule has 3 rings (SSSR count). The van der Waals surface area contributed by atoms with Gasteiger partial charge in [0, 0.05) is 12.1 Å². The third-order valence-electron chi connectivity index (χ3n) is 2.74. The quantitative estimate of drug-likeness (QED) is 0.414. The van der Waals surface area contributed by atoms with Crippen molar-refractivity contribution in [3.63, 3.8) is 0 Å². The van der Waals surface area contributed by atoms with Gasteiger partial charge in [-0.2, -0.15) is 0 Å². The second kappa shape index (κ2) is 3.70. The molecule has 0 amide bonds. The maximum Gasteiger partial charge on any atom is 0.167 e. The van der Waals surface area contributed by atoms with Crippen LogP contribution in [0.1, 0.15) is 0 Å². The fourth-order valence-electron chi connectivity index (χ4n) is 1.90. The highest BCUT2D eigenvalue weighted by molar-refractivity contribution is 6.07. The molecule has 88 valence electrons. The molecule has 0 N–H and O–H groups in total. The third kappa shape index (κ3) is 1.53. The Labute approximate surface area is 99.5 Å². The largest absolute Gasteiger partial charge is 0.204 e. The molecule has 0 spiro atoms. The molecule has 3 aromatic carbocycles. The van der Waals surface area contributed by atoms with E-state index in [2.05, 4.69) is 12.1 Å². The van der Waals surface area contributed by atoms with Crippen LogP contribution < -0.4 is 0 Å². The van der Waals surface area contributed by atoms with Gasteiger partial charge in [-0.05, 0) is 33.7 Å². The Bertz CT molecular complexity index is 711. The van der Waals surface area contributed by atoms with E-state index in [1.54, 1.807) is 0 Å². The summed E-state index contributed by atoms with van der Waals surface area (Å²) >= 11 is 0. The summed E-state index contributed by atoms with van der Waals surface area (Å²) in [7, 11) is 0. The normalized spacial score (nSPS) is 11.3. The first kappa shape index (κ1) is 11.0. The average molecular weight is 248 g/mol. The van der Waals surface area contributed by atoms with Gasteiger partial charge in [0.2, 0.25) is 0 Å². The minimum Gasteiger partial charge on any atom is -0.204 e. The van der Waals surface area contributed by atoms with E-state index in [0.717, 1.165) is 12.1 Å². The van der Waals surface area contributed by atoms with Gasteiger partial charge in [-0.1, -0.05) is 12.1 Å². The van der Waals surface area contributed by atoms with Gasteiger partial charge in [-0.3, -0.25) is 0 Å². The second-order valence-electron chi connectivity index (χ2n) is 3.85. The molecule has 0 aromatic heterocycles. The summed E-state index contributed by atoms with van der Waals surface area (Å²) in [5, 5.41) is 1.12. The van der Waals surface area contributed by atoms with Crippen molar-refractivity contribution in [2.75, 3.05) is 0 Å². The fraction of sp³-hybridized carbons (Fsp3) is 0. The van der Waals surface area contributed by atoms with Gasteiger partial charge in [-0.25, -0.2) is 17.6 Å². The molecular weight excluding hydrogens is 244 g/mol. The molecule has 3 aromatic rings. The summed E-state index contributed by atoms with van der Waals surface area (Å²) in [6.07, 6.45) is 0. The predicted molar refractivity (Wildman–Crippen MR) is 59.0 cm³/mol. The first-order valence-corrected chi connectivity index (χ1v) is 5.07. The van der Waals surface area contributed by atoms with E-state index in [1.165, 1.54) is 12.1 Å². The summed E-state index contributed by atoms with van der Waals surface area (Å²) < 4.78 is 52.4. The molecule has 2 radical (unpaired) electrons. The van der Waals surface area contributed by atoms with Crippen LogP contribution in [0.25, 0.3) is 21.5 Å². The number of halogens is 4. The molecule has 0 aliphatic carbocycles. The lowest BCUT2D eigenvalue weighted by Crippen LogP contribution is -1.89. The molecule has 0 aliphatic rings. The van der Waals surface area contributed by atoms with Gasteiger partial charge in [0.25, 0.3) is 0 Å². The van der Waals surface area contributed by atoms with E-state index in [0.29, 0.717) is 10.8 Å². The highest BCUT2D eigenvalue weighted by atomic mass is 19.2. The Morgan fingerprint density at radius 1 is 0.667 bits per heavy atom. The average Bonchev–Trinajstić information content (AvgIpc) is 2.33. The Kier molecular flexibility index (Phi) is 2.26. The van der Waals surface area contributed by atoms with Gasteiger partial charge in [0.15, 0.2) is 23.3 Å². The molecule has 0 bridgehead atoms. The zero-order chi connectivity index (χ0) is 12.9. The van der Waals surface area contributed by atoms with Gasteiger partial charge in [-0.15, -0.1) is 0 Å². The fourth-order valence-corrected chi connectivity index (χ4v) is 1.90. The molecule has 0 fully saturated rings. The zero-order valence-electron chi connectivity index (χ0n) is 8.82. The van der Waals surface area contributed by atoms with Crippen molar-refractivity contribution in [3.05, 3.63) is 59.7 Å². The monoisotopic (exact) mass is 248 g/mol. The lowest BCUT2D eigenvalue weighted by Gasteiger charge is -2.05. The molecule has 0 saturated heterocycles. The topological polar surface area (TPSA) is 0 Å². The number of fused-ring (bicyclic) bond motifs is 3. The molecule has 0 saturated carbocycles. The van der Waals surface area contributed by atoms with E-state index in [-0.39, 0.29) is 10.8 Å². The summed E-state index contributed by atoms with van der Waals surface area (Å²) in [4.78, 5) is 0. The van der Waals surface area contributed by atoms with Gasteiger partial charge in [0.05, 0.1) is 0 Å².